The topological polar surface area (TPSA) is 18.5 Å². The molecule has 2 unspecified atom stereocenters. The minimum Gasteiger partial charge on any atom is -0.494 e. The van der Waals surface area contributed by atoms with E-state index >= 15 is 0 Å². The molecule has 0 amide bonds. The molecule has 0 spiro atoms. The van der Waals surface area contributed by atoms with Crippen molar-refractivity contribution >= 4 is 11.6 Å². The predicted molar refractivity (Wildman–Crippen MR) is 115 cm³/mol. The molecule has 1 aliphatic carbocycles. The Labute approximate surface area is 172 Å². The van der Waals surface area contributed by atoms with Crippen LogP contribution >= 0.6 is 11.6 Å². The van der Waals surface area contributed by atoms with Gasteiger partial charge in [-0.2, -0.15) is 0 Å². The Balaban J connectivity index is 1.43. The molecule has 0 saturated heterocycles. The monoisotopic (exact) mass is 392 g/mol. The number of para-hydroxylation sites is 1. The Morgan fingerprint density at radius 3 is 2.29 bits per heavy atom. The molecule has 1 saturated carbocycles. The van der Waals surface area contributed by atoms with Crippen LogP contribution in [0.1, 0.15) is 30.9 Å². The number of rotatable bonds is 8. The fourth-order valence-electron chi connectivity index (χ4n) is 3.77. The Bertz CT molecular complexity index is 907. The van der Waals surface area contributed by atoms with Crippen LogP contribution in [0.25, 0.3) is 0 Å². The van der Waals surface area contributed by atoms with Gasteiger partial charge in [0.05, 0.1) is 6.61 Å². The van der Waals surface area contributed by atoms with Crippen molar-refractivity contribution in [1.82, 2.24) is 0 Å². The number of halogens is 1. The van der Waals surface area contributed by atoms with Gasteiger partial charge in [-0.05, 0) is 73.7 Å². The molecule has 1 aliphatic rings. The molecular weight excluding hydrogens is 368 g/mol. The molecule has 0 radical (unpaired) electrons. The minimum atomic E-state index is 0.0720. The number of benzene rings is 3. The van der Waals surface area contributed by atoms with Crippen molar-refractivity contribution in [2.45, 2.75) is 37.0 Å². The Kier molecular flexibility index (Phi) is 5.59. The molecule has 3 aromatic rings. The van der Waals surface area contributed by atoms with E-state index in [1.807, 2.05) is 43.3 Å². The Hall–Kier alpha value is -2.45. The summed E-state index contributed by atoms with van der Waals surface area (Å²) in [7, 11) is 0. The van der Waals surface area contributed by atoms with Crippen LogP contribution in [0.5, 0.6) is 17.2 Å². The van der Waals surface area contributed by atoms with E-state index in [-0.39, 0.29) is 10.8 Å². The summed E-state index contributed by atoms with van der Waals surface area (Å²) in [4.78, 5) is 0. The summed E-state index contributed by atoms with van der Waals surface area (Å²) in [5, 5.41) is 0.203. The fraction of sp³-hybridized carbons (Fsp3) is 0.280. The normalized spacial score (nSPS) is 20.6. The summed E-state index contributed by atoms with van der Waals surface area (Å²) < 4.78 is 11.5. The second-order valence-electron chi connectivity index (χ2n) is 7.35. The van der Waals surface area contributed by atoms with Gasteiger partial charge in [0, 0.05) is 10.8 Å². The lowest BCUT2D eigenvalue weighted by Crippen LogP contribution is -2.12. The Morgan fingerprint density at radius 1 is 0.893 bits per heavy atom. The summed E-state index contributed by atoms with van der Waals surface area (Å²) in [5.41, 5.74) is 2.66. The van der Waals surface area contributed by atoms with E-state index in [2.05, 4.69) is 42.5 Å². The molecule has 4 rings (SSSR count). The SMILES string of the molecule is CCOc1ccc(C2(CCc3cccc(Oc4ccccc4)c3)CC2Cl)cc1. The first-order chi connectivity index (χ1) is 13.7. The molecule has 2 atom stereocenters. The molecule has 2 nitrogen and oxygen atoms in total. The van der Waals surface area contributed by atoms with Crippen molar-refractivity contribution in [3.63, 3.8) is 0 Å². The van der Waals surface area contributed by atoms with Crippen LogP contribution in [-0.4, -0.2) is 12.0 Å². The maximum atomic E-state index is 6.59. The van der Waals surface area contributed by atoms with E-state index in [1.165, 1.54) is 11.1 Å². The lowest BCUT2D eigenvalue weighted by Gasteiger charge is -2.17. The summed E-state index contributed by atoms with van der Waals surface area (Å²) in [5.74, 6) is 2.64. The van der Waals surface area contributed by atoms with Crippen LogP contribution in [-0.2, 0) is 11.8 Å². The standard InChI is InChI=1S/C25H25ClO2/c1-2-27-21-13-11-20(12-14-21)25(18-24(25)26)16-15-19-7-6-10-23(17-19)28-22-8-4-3-5-9-22/h3-14,17,24H,2,15-16,18H2,1H3. The molecule has 3 heteroatoms. The molecule has 0 N–H and O–H groups in total. The average Bonchev–Trinajstić information content (AvgIpc) is 3.39. The highest BCUT2D eigenvalue weighted by Gasteiger charge is 2.53. The summed E-state index contributed by atoms with van der Waals surface area (Å²) in [6.45, 7) is 2.69. The zero-order chi connectivity index (χ0) is 19.4. The first-order valence-electron chi connectivity index (χ1n) is 9.89. The molecule has 0 aliphatic heterocycles. The molecule has 1 fully saturated rings. The smallest absolute Gasteiger partial charge is 0.127 e. The van der Waals surface area contributed by atoms with Gasteiger partial charge in [-0.25, -0.2) is 0 Å². The van der Waals surface area contributed by atoms with E-state index in [4.69, 9.17) is 21.1 Å². The number of hydrogen-bond acceptors (Lipinski definition) is 2. The summed E-state index contributed by atoms with van der Waals surface area (Å²) >= 11 is 6.59. The molecule has 0 heterocycles. The van der Waals surface area contributed by atoms with Gasteiger partial charge in [0.15, 0.2) is 0 Å². The van der Waals surface area contributed by atoms with Gasteiger partial charge in [0.2, 0.25) is 0 Å². The molecule has 0 bridgehead atoms. The first kappa shape index (κ1) is 18.9. The zero-order valence-corrected chi connectivity index (χ0v) is 16.9. The van der Waals surface area contributed by atoms with Crippen molar-refractivity contribution in [3.8, 4) is 17.2 Å². The summed E-state index contributed by atoms with van der Waals surface area (Å²) in [6.07, 6.45) is 3.04. The third kappa shape index (κ3) is 4.18. The lowest BCUT2D eigenvalue weighted by atomic mass is 9.89. The quantitative estimate of drug-likeness (QED) is 0.394. The largest absolute Gasteiger partial charge is 0.494 e. The van der Waals surface area contributed by atoms with E-state index in [9.17, 15) is 0 Å². The minimum absolute atomic E-state index is 0.0720. The lowest BCUT2D eigenvalue weighted by molar-refractivity contribution is 0.340. The van der Waals surface area contributed by atoms with Crippen molar-refractivity contribution < 1.29 is 9.47 Å². The van der Waals surface area contributed by atoms with E-state index in [1.54, 1.807) is 0 Å². The van der Waals surface area contributed by atoms with Crippen LogP contribution in [0.2, 0.25) is 0 Å². The third-order valence-electron chi connectivity index (χ3n) is 5.46. The molecule has 28 heavy (non-hydrogen) atoms. The van der Waals surface area contributed by atoms with Crippen LogP contribution in [0.3, 0.4) is 0 Å². The third-order valence-corrected chi connectivity index (χ3v) is 6.03. The molecule has 3 aromatic carbocycles. The van der Waals surface area contributed by atoms with Gasteiger partial charge in [0.1, 0.15) is 17.2 Å². The highest BCUT2D eigenvalue weighted by molar-refractivity contribution is 6.24. The Morgan fingerprint density at radius 2 is 1.61 bits per heavy atom. The highest BCUT2D eigenvalue weighted by Crippen LogP contribution is 2.55. The van der Waals surface area contributed by atoms with E-state index in [0.717, 1.165) is 36.5 Å². The molecular formula is C25H25ClO2. The molecule has 144 valence electrons. The first-order valence-corrected chi connectivity index (χ1v) is 10.3. The van der Waals surface area contributed by atoms with Gasteiger partial charge in [-0.15, -0.1) is 11.6 Å². The fourth-order valence-corrected chi connectivity index (χ4v) is 4.28. The van der Waals surface area contributed by atoms with Crippen LogP contribution in [0.4, 0.5) is 0 Å². The van der Waals surface area contributed by atoms with Crippen molar-refractivity contribution in [1.29, 1.82) is 0 Å². The van der Waals surface area contributed by atoms with Gasteiger partial charge in [-0.3, -0.25) is 0 Å². The molecule has 0 aromatic heterocycles. The van der Waals surface area contributed by atoms with Crippen LogP contribution < -0.4 is 9.47 Å². The number of alkyl halides is 1. The van der Waals surface area contributed by atoms with E-state index in [0.29, 0.717) is 6.61 Å². The maximum Gasteiger partial charge on any atom is 0.127 e. The van der Waals surface area contributed by atoms with Crippen molar-refractivity contribution in [2.75, 3.05) is 6.61 Å². The van der Waals surface area contributed by atoms with Gasteiger partial charge in [-0.1, -0.05) is 42.5 Å². The van der Waals surface area contributed by atoms with Crippen LogP contribution in [0, 0.1) is 0 Å². The van der Waals surface area contributed by atoms with Crippen LogP contribution in [0.15, 0.2) is 78.9 Å². The maximum absolute atomic E-state index is 6.59. The predicted octanol–water partition coefficient (Wildman–Crippen LogP) is 6.76. The number of ether oxygens (including phenoxy) is 2. The summed E-state index contributed by atoms with van der Waals surface area (Å²) in [6, 6.07) is 26.7. The van der Waals surface area contributed by atoms with Gasteiger partial charge in [0.25, 0.3) is 0 Å². The number of aryl methyl sites for hydroxylation is 1. The van der Waals surface area contributed by atoms with Crippen molar-refractivity contribution in [3.05, 3.63) is 90.0 Å². The highest BCUT2D eigenvalue weighted by atomic mass is 35.5. The zero-order valence-electron chi connectivity index (χ0n) is 16.1. The average molecular weight is 393 g/mol. The van der Waals surface area contributed by atoms with E-state index < -0.39 is 0 Å². The second kappa shape index (κ2) is 8.28. The number of hydrogen-bond donors (Lipinski definition) is 0. The van der Waals surface area contributed by atoms with Crippen molar-refractivity contribution in [2.24, 2.45) is 0 Å². The van der Waals surface area contributed by atoms with Gasteiger partial charge < -0.3 is 9.47 Å². The second-order valence-corrected chi connectivity index (χ2v) is 7.87. The van der Waals surface area contributed by atoms with Gasteiger partial charge >= 0.3 is 0 Å².